The molecule has 0 bridgehead atoms. The third-order valence-electron chi connectivity index (χ3n) is 4.34. The minimum atomic E-state index is -1.40. The van der Waals surface area contributed by atoms with Crippen LogP contribution in [0.3, 0.4) is 0 Å². The molecule has 3 rings (SSSR count). The molecule has 2 aromatic heterocycles. The standard InChI is InChI=1S/C15H15ClIN3O2/c1-4-10-8(3)15(21,5-2)14(22-10)20-6-9(17)11-12(16)18-7-19-13(11)20/h2,6-8,10,14,21H,4H2,1,3H3/t8-,10-,14-,15-/m1/s1. The summed E-state index contributed by atoms with van der Waals surface area (Å²) in [6.07, 6.45) is 8.82. The lowest BCUT2D eigenvalue weighted by atomic mass is 9.86. The molecule has 0 unspecified atom stereocenters. The van der Waals surface area contributed by atoms with Crippen molar-refractivity contribution >= 4 is 45.2 Å². The number of aliphatic hydroxyl groups is 1. The second kappa shape index (κ2) is 5.64. The van der Waals surface area contributed by atoms with E-state index in [2.05, 4.69) is 38.5 Å². The Bertz CT molecular complexity index is 772. The van der Waals surface area contributed by atoms with Gasteiger partial charge in [0.2, 0.25) is 0 Å². The topological polar surface area (TPSA) is 60.2 Å². The van der Waals surface area contributed by atoms with Crippen LogP contribution in [-0.2, 0) is 4.74 Å². The van der Waals surface area contributed by atoms with Gasteiger partial charge in [0.05, 0.1) is 11.5 Å². The van der Waals surface area contributed by atoms with Gasteiger partial charge in [0, 0.05) is 15.7 Å². The molecule has 5 nitrogen and oxygen atoms in total. The van der Waals surface area contributed by atoms with E-state index in [0.717, 1.165) is 15.4 Å². The number of halogens is 2. The fraction of sp³-hybridized carbons (Fsp3) is 0.467. The quantitative estimate of drug-likeness (QED) is 0.451. The third kappa shape index (κ3) is 2.14. The Morgan fingerprint density at radius 1 is 1.59 bits per heavy atom. The number of nitrogens with zero attached hydrogens (tertiary/aromatic N) is 3. The number of ether oxygens (including phenoxy) is 1. The van der Waals surface area contributed by atoms with E-state index in [1.807, 2.05) is 20.0 Å². The Morgan fingerprint density at radius 3 is 2.95 bits per heavy atom. The van der Waals surface area contributed by atoms with Crippen LogP contribution in [0.4, 0.5) is 0 Å². The molecule has 0 aromatic carbocycles. The molecule has 1 fully saturated rings. The summed E-state index contributed by atoms with van der Waals surface area (Å²) in [5.41, 5.74) is -0.792. The molecule has 22 heavy (non-hydrogen) atoms. The third-order valence-corrected chi connectivity index (χ3v) is 5.44. The van der Waals surface area contributed by atoms with Gasteiger partial charge < -0.3 is 14.4 Å². The van der Waals surface area contributed by atoms with Crippen molar-refractivity contribution in [1.29, 1.82) is 0 Å². The summed E-state index contributed by atoms with van der Waals surface area (Å²) in [5.74, 6) is 2.34. The minimum absolute atomic E-state index is 0.113. The van der Waals surface area contributed by atoms with Crippen LogP contribution in [0.25, 0.3) is 11.0 Å². The number of rotatable bonds is 2. The van der Waals surface area contributed by atoms with Gasteiger partial charge >= 0.3 is 0 Å². The summed E-state index contributed by atoms with van der Waals surface area (Å²) in [5, 5.41) is 12.1. The molecular formula is C15H15ClIN3O2. The first-order chi connectivity index (χ1) is 10.4. The van der Waals surface area contributed by atoms with Gasteiger partial charge in [-0.1, -0.05) is 31.4 Å². The Labute approximate surface area is 147 Å². The van der Waals surface area contributed by atoms with Crippen LogP contribution >= 0.6 is 34.2 Å². The molecule has 2 aromatic rings. The first-order valence-electron chi connectivity index (χ1n) is 6.96. The van der Waals surface area contributed by atoms with Gasteiger partial charge in [0.15, 0.2) is 11.8 Å². The number of aromatic nitrogens is 3. The van der Waals surface area contributed by atoms with E-state index in [1.165, 1.54) is 6.33 Å². The highest BCUT2D eigenvalue weighted by Crippen LogP contribution is 2.45. The van der Waals surface area contributed by atoms with Crippen LogP contribution in [0.2, 0.25) is 5.15 Å². The maximum Gasteiger partial charge on any atom is 0.176 e. The Balaban J connectivity index is 2.20. The summed E-state index contributed by atoms with van der Waals surface area (Å²) in [7, 11) is 0. The molecule has 1 aliphatic heterocycles. The molecule has 1 aliphatic rings. The van der Waals surface area contributed by atoms with Crippen molar-refractivity contribution in [2.24, 2.45) is 5.92 Å². The number of hydrogen-bond donors (Lipinski definition) is 1. The fourth-order valence-corrected chi connectivity index (χ4v) is 4.19. The van der Waals surface area contributed by atoms with Crippen LogP contribution in [0, 0.1) is 21.8 Å². The maximum atomic E-state index is 11.0. The van der Waals surface area contributed by atoms with Gasteiger partial charge in [0.25, 0.3) is 0 Å². The van der Waals surface area contributed by atoms with Gasteiger partial charge in [-0.3, -0.25) is 0 Å². The zero-order chi connectivity index (χ0) is 16.1. The maximum absolute atomic E-state index is 11.0. The van der Waals surface area contributed by atoms with Crippen molar-refractivity contribution in [2.75, 3.05) is 0 Å². The summed E-state index contributed by atoms with van der Waals surface area (Å²) in [6, 6.07) is 0. The van der Waals surface area contributed by atoms with Gasteiger partial charge in [0.1, 0.15) is 17.1 Å². The Morgan fingerprint density at radius 2 is 2.32 bits per heavy atom. The summed E-state index contributed by atoms with van der Waals surface area (Å²) in [6.45, 7) is 3.92. The van der Waals surface area contributed by atoms with E-state index in [4.69, 9.17) is 22.8 Å². The second-order valence-corrected chi connectivity index (χ2v) is 6.96. The average Bonchev–Trinajstić information content (AvgIpc) is 2.97. The van der Waals surface area contributed by atoms with Crippen LogP contribution in [-0.4, -0.2) is 31.3 Å². The molecule has 116 valence electrons. The molecule has 0 aliphatic carbocycles. The Kier molecular flexibility index (Phi) is 4.10. The SMILES string of the molecule is C#C[C@@]1(O)[C@H](C)[C@@H](CC)O[C@H]1n1cc(I)c2c(Cl)ncnc21. The molecule has 7 heteroatoms. The van der Waals surface area contributed by atoms with Gasteiger partial charge in [-0.25, -0.2) is 9.97 Å². The van der Waals surface area contributed by atoms with Gasteiger partial charge in [-0.2, -0.15) is 0 Å². The molecule has 1 N–H and O–H groups in total. The summed E-state index contributed by atoms with van der Waals surface area (Å²) in [4.78, 5) is 8.29. The van der Waals surface area contributed by atoms with Crippen LogP contribution in [0.1, 0.15) is 26.5 Å². The summed E-state index contributed by atoms with van der Waals surface area (Å²) < 4.78 is 8.68. The smallest absolute Gasteiger partial charge is 0.176 e. The molecule has 0 saturated carbocycles. The van der Waals surface area contributed by atoms with Crippen LogP contribution in [0.5, 0.6) is 0 Å². The molecule has 0 amide bonds. The first kappa shape index (κ1) is 16.0. The average molecular weight is 432 g/mol. The number of fused-ring (bicyclic) bond motifs is 1. The minimum Gasteiger partial charge on any atom is -0.373 e. The summed E-state index contributed by atoms with van der Waals surface area (Å²) >= 11 is 8.32. The highest BCUT2D eigenvalue weighted by molar-refractivity contribution is 14.1. The van der Waals surface area contributed by atoms with Crippen LogP contribution in [0.15, 0.2) is 12.5 Å². The monoisotopic (exact) mass is 431 g/mol. The Hall–Kier alpha value is -0.880. The van der Waals surface area contributed by atoms with Crippen molar-refractivity contribution in [1.82, 2.24) is 14.5 Å². The van der Waals surface area contributed by atoms with Gasteiger partial charge in [-0.15, -0.1) is 6.42 Å². The van der Waals surface area contributed by atoms with E-state index < -0.39 is 11.8 Å². The predicted octanol–water partition coefficient (Wildman–Crippen LogP) is 3.00. The predicted molar refractivity (Wildman–Crippen MR) is 92.4 cm³/mol. The van der Waals surface area contributed by atoms with E-state index in [-0.39, 0.29) is 12.0 Å². The zero-order valence-electron chi connectivity index (χ0n) is 12.1. The lowest BCUT2D eigenvalue weighted by molar-refractivity contribution is -0.0627. The van der Waals surface area contributed by atoms with E-state index in [1.54, 1.807) is 4.57 Å². The molecule has 3 heterocycles. The van der Waals surface area contributed by atoms with Gasteiger partial charge in [-0.05, 0) is 29.0 Å². The van der Waals surface area contributed by atoms with E-state index in [0.29, 0.717) is 10.8 Å². The first-order valence-corrected chi connectivity index (χ1v) is 8.41. The van der Waals surface area contributed by atoms with Crippen molar-refractivity contribution in [3.05, 3.63) is 21.2 Å². The number of terminal acetylenes is 1. The van der Waals surface area contributed by atoms with E-state index in [9.17, 15) is 5.11 Å². The van der Waals surface area contributed by atoms with Crippen molar-refractivity contribution < 1.29 is 9.84 Å². The van der Waals surface area contributed by atoms with Crippen molar-refractivity contribution in [2.45, 2.75) is 38.2 Å². The molecular weight excluding hydrogens is 417 g/mol. The highest BCUT2D eigenvalue weighted by atomic mass is 127. The van der Waals surface area contributed by atoms with E-state index >= 15 is 0 Å². The zero-order valence-corrected chi connectivity index (χ0v) is 15.0. The lowest BCUT2D eigenvalue weighted by Crippen LogP contribution is -2.39. The molecule has 0 radical (unpaired) electrons. The molecule has 0 spiro atoms. The molecule has 1 saturated heterocycles. The molecule has 4 atom stereocenters. The van der Waals surface area contributed by atoms with Crippen molar-refractivity contribution in [3.63, 3.8) is 0 Å². The lowest BCUT2D eigenvalue weighted by Gasteiger charge is -2.27. The van der Waals surface area contributed by atoms with Crippen molar-refractivity contribution in [3.8, 4) is 12.3 Å². The fourth-order valence-electron chi connectivity index (χ4n) is 3.01. The number of hydrogen-bond acceptors (Lipinski definition) is 4. The normalized spacial score (nSPS) is 31.5. The highest BCUT2D eigenvalue weighted by Gasteiger charge is 2.53. The van der Waals surface area contributed by atoms with Crippen LogP contribution < -0.4 is 0 Å². The largest absolute Gasteiger partial charge is 0.373 e. The second-order valence-electron chi connectivity index (χ2n) is 5.44.